The number of methoxy groups -OCH3 is 2. The van der Waals surface area contributed by atoms with Gasteiger partial charge in [-0.05, 0) is 27.7 Å². The van der Waals surface area contributed by atoms with Gasteiger partial charge in [0, 0.05) is 41.3 Å². The zero-order valence-electron chi connectivity index (χ0n) is 14.3. The molecule has 0 fully saturated rings. The Morgan fingerprint density at radius 2 is 0.850 bits per heavy atom. The highest BCUT2D eigenvalue weighted by Gasteiger charge is 1.82. The zero-order chi connectivity index (χ0) is 16.8. The van der Waals surface area contributed by atoms with Gasteiger partial charge in [-0.25, -0.2) is 0 Å². The molecule has 0 N–H and O–H groups in total. The Kier molecular flexibility index (Phi) is 41.8. The zero-order valence-corrected chi connectivity index (χ0v) is 14.3. The third-order valence-corrected chi connectivity index (χ3v) is 1.27. The maximum Gasteiger partial charge on any atom is 0.302 e. The van der Waals surface area contributed by atoms with E-state index in [1.54, 1.807) is 28.1 Å². The minimum absolute atomic E-state index is 0.211. The molecule has 6 heteroatoms. The van der Waals surface area contributed by atoms with Gasteiger partial charge in [0.15, 0.2) is 0 Å². The molecule has 0 heterocycles. The van der Waals surface area contributed by atoms with E-state index in [4.69, 9.17) is 0 Å². The normalized spacial score (nSPS) is 7.60. The summed E-state index contributed by atoms with van der Waals surface area (Å²) in [5.74, 6) is -0.421. The van der Waals surface area contributed by atoms with Crippen LogP contribution >= 0.6 is 0 Å². The summed E-state index contributed by atoms with van der Waals surface area (Å²) in [5, 5.41) is 0. The van der Waals surface area contributed by atoms with E-state index in [-0.39, 0.29) is 11.9 Å². The summed E-state index contributed by atoms with van der Waals surface area (Å²) in [4.78, 5) is 19.6. The molecule has 0 saturated carbocycles. The molecule has 0 bridgehead atoms. The van der Waals surface area contributed by atoms with Crippen molar-refractivity contribution in [1.29, 1.82) is 0 Å². The minimum atomic E-state index is -0.211. The molecule has 0 rings (SSSR count). The molecule has 0 aromatic heterocycles. The van der Waals surface area contributed by atoms with Crippen LogP contribution in [0.15, 0.2) is 0 Å². The average Bonchev–Trinajstić information content (AvgIpc) is 2.39. The lowest BCUT2D eigenvalue weighted by Crippen LogP contribution is -1.95. The number of esters is 2. The van der Waals surface area contributed by atoms with Gasteiger partial charge in [0.2, 0.25) is 0 Å². The molecule has 0 aromatic carbocycles. The Balaban J connectivity index is -0.0000000871. The summed E-state index contributed by atoms with van der Waals surface area (Å²) in [6.45, 7) is 12.9. The van der Waals surface area contributed by atoms with Crippen LogP contribution in [0.1, 0.15) is 41.5 Å². The molecule has 0 saturated heterocycles. The summed E-state index contributed by atoms with van der Waals surface area (Å²) in [7, 11) is 3.36. The Morgan fingerprint density at radius 3 is 0.850 bits per heavy atom. The summed E-state index contributed by atoms with van der Waals surface area (Å²) in [5.41, 5.74) is 0. The molecule has 0 aliphatic rings. The van der Waals surface area contributed by atoms with Gasteiger partial charge in [-0.2, -0.15) is 0 Å². The standard InChI is InChI=1S/2C4H8O2.2C3H8O/c2*1-3-6-4(2)5;2*1-3-4-2/h2*3H2,1-2H3;2*3H2,1-2H3. The molecule has 0 atom stereocenters. The Hall–Kier alpha value is -1.14. The van der Waals surface area contributed by atoms with Crippen LogP contribution in [0.2, 0.25) is 0 Å². The van der Waals surface area contributed by atoms with Crippen molar-refractivity contribution in [3.63, 3.8) is 0 Å². The van der Waals surface area contributed by atoms with Crippen LogP contribution in [0.25, 0.3) is 0 Å². The first kappa shape index (κ1) is 27.2. The molecule has 0 aliphatic heterocycles. The third kappa shape index (κ3) is 90.1. The van der Waals surface area contributed by atoms with Gasteiger partial charge in [0.1, 0.15) is 0 Å². The van der Waals surface area contributed by atoms with Gasteiger partial charge in [0.05, 0.1) is 13.2 Å². The second-order valence-electron chi connectivity index (χ2n) is 3.00. The SMILES string of the molecule is CCOC.CCOC.CCOC(C)=O.CCOC(C)=O. The van der Waals surface area contributed by atoms with Gasteiger partial charge >= 0.3 is 11.9 Å². The van der Waals surface area contributed by atoms with Crippen LogP contribution in [-0.4, -0.2) is 52.6 Å². The first-order valence-electron chi connectivity index (χ1n) is 6.62. The first-order chi connectivity index (χ1) is 9.37. The van der Waals surface area contributed by atoms with Crippen LogP contribution < -0.4 is 0 Å². The van der Waals surface area contributed by atoms with E-state index >= 15 is 0 Å². The molecular weight excluding hydrogens is 264 g/mol. The monoisotopic (exact) mass is 296 g/mol. The van der Waals surface area contributed by atoms with E-state index in [9.17, 15) is 9.59 Å². The van der Waals surface area contributed by atoms with Crippen LogP contribution in [0.3, 0.4) is 0 Å². The molecule has 0 radical (unpaired) electrons. The second kappa shape index (κ2) is 30.7. The lowest BCUT2D eigenvalue weighted by Gasteiger charge is -1.89. The van der Waals surface area contributed by atoms with Crippen molar-refractivity contribution in [2.24, 2.45) is 0 Å². The molecule has 0 aromatic rings. The van der Waals surface area contributed by atoms with E-state index < -0.39 is 0 Å². The molecule has 6 nitrogen and oxygen atoms in total. The van der Waals surface area contributed by atoms with Crippen LogP contribution in [0, 0.1) is 0 Å². The average molecular weight is 296 g/mol. The summed E-state index contributed by atoms with van der Waals surface area (Å²) >= 11 is 0. The maximum absolute atomic E-state index is 9.82. The number of hydrogen-bond acceptors (Lipinski definition) is 6. The topological polar surface area (TPSA) is 71.1 Å². The van der Waals surface area contributed by atoms with E-state index in [0.717, 1.165) is 13.2 Å². The van der Waals surface area contributed by atoms with E-state index in [0.29, 0.717) is 13.2 Å². The van der Waals surface area contributed by atoms with Gasteiger partial charge < -0.3 is 18.9 Å². The van der Waals surface area contributed by atoms with Crippen molar-refractivity contribution >= 4 is 11.9 Å². The number of hydrogen-bond donors (Lipinski definition) is 0. The Morgan fingerprint density at radius 1 is 0.650 bits per heavy atom. The van der Waals surface area contributed by atoms with Crippen LogP contribution in [-0.2, 0) is 28.5 Å². The molecule has 0 spiro atoms. The lowest BCUT2D eigenvalue weighted by atomic mass is 10.8. The van der Waals surface area contributed by atoms with Gasteiger partial charge in [-0.15, -0.1) is 0 Å². The van der Waals surface area contributed by atoms with E-state index in [1.165, 1.54) is 13.8 Å². The predicted molar refractivity (Wildman–Crippen MR) is 79.7 cm³/mol. The minimum Gasteiger partial charge on any atom is -0.466 e. The first-order valence-corrected chi connectivity index (χ1v) is 6.62. The molecule has 124 valence electrons. The fourth-order valence-electron chi connectivity index (χ4n) is 0.407. The van der Waals surface area contributed by atoms with Crippen molar-refractivity contribution in [3.8, 4) is 0 Å². The van der Waals surface area contributed by atoms with Gasteiger partial charge in [0.25, 0.3) is 0 Å². The van der Waals surface area contributed by atoms with Crippen molar-refractivity contribution in [2.45, 2.75) is 41.5 Å². The van der Waals surface area contributed by atoms with Gasteiger partial charge in [-0.3, -0.25) is 9.59 Å². The van der Waals surface area contributed by atoms with Crippen molar-refractivity contribution in [2.75, 3.05) is 40.6 Å². The van der Waals surface area contributed by atoms with Crippen molar-refractivity contribution < 1.29 is 28.5 Å². The second-order valence-corrected chi connectivity index (χ2v) is 3.00. The summed E-state index contributed by atoms with van der Waals surface area (Å²) < 4.78 is 17.9. The largest absolute Gasteiger partial charge is 0.466 e. The number of ether oxygens (including phenoxy) is 4. The number of rotatable bonds is 4. The third-order valence-electron chi connectivity index (χ3n) is 1.27. The van der Waals surface area contributed by atoms with E-state index in [2.05, 4.69) is 18.9 Å². The Labute approximate surface area is 123 Å². The number of carbonyl (C=O) groups is 2. The highest BCUT2D eigenvalue weighted by molar-refractivity contribution is 5.66. The molecule has 0 amide bonds. The maximum atomic E-state index is 9.82. The predicted octanol–water partition coefficient (Wildman–Crippen LogP) is 2.44. The smallest absolute Gasteiger partial charge is 0.302 e. The molecule has 0 aliphatic carbocycles. The van der Waals surface area contributed by atoms with Crippen molar-refractivity contribution in [3.05, 3.63) is 0 Å². The highest BCUT2D eigenvalue weighted by atomic mass is 16.5. The fraction of sp³-hybridized carbons (Fsp3) is 0.857. The lowest BCUT2D eigenvalue weighted by molar-refractivity contribution is -0.141. The highest BCUT2D eigenvalue weighted by Crippen LogP contribution is 1.70. The van der Waals surface area contributed by atoms with Crippen LogP contribution in [0.4, 0.5) is 0 Å². The summed E-state index contributed by atoms with van der Waals surface area (Å²) in [6, 6.07) is 0. The van der Waals surface area contributed by atoms with Gasteiger partial charge in [-0.1, -0.05) is 0 Å². The molecule has 20 heavy (non-hydrogen) atoms. The Bertz CT molecular complexity index is 159. The molecular formula is C14H32O6. The van der Waals surface area contributed by atoms with E-state index in [1.807, 2.05) is 13.8 Å². The number of carbonyl (C=O) groups excluding carboxylic acids is 2. The molecule has 0 unspecified atom stereocenters. The van der Waals surface area contributed by atoms with Crippen LogP contribution in [0.5, 0.6) is 0 Å². The quantitative estimate of drug-likeness (QED) is 0.742. The summed E-state index contributed by atoms with van der Waals surface area (Å²) in [6.07, 6.45) is 0. The van der Waals surface area contributed by atoms with Crippen molar-refractivity contribution in [1.82, 2.24) is 0 Å². The fourth-order valence-corrected chi connectivity index (χ4v) is 0.407.